The molecular weight excluding hydrogens is 378 g/mol. The molecule has 1 aliphatic carbocycles. The highest BCUT2D eigenvalue weighted by atomic mass is 35.5. The Bertz CT molecular complexity index is 910. The highest BCUT2D eigenvalue weighted by Crippen LogP contribution is 2.34. The standard InChI is InChI=1S/C20H24ClN5O2/c1-12(27)24-14-5-2-4-13(8-14)20(28)25-19-9-15(17(21)11-22-19)16-10-23-26-7-3-6-18(16)26/h9-11,13-14H,2-8H2,1H3,(H,24,27)(H,22,25,28)/t13-,14?/m1/s1. The van der Waals surface area contributed by atoms with Crippen LogP contribution in [-0.4, -0.2) is 32.6 Å². The number of hydrogen-bond donors (Lipinski definition) is 2. The number of amides is 2. The maximum atomic E-state index is 12.8. The smallest absolute Gasteiger partial charge is 0.228 e. The molecule has 4 rings (SSSR count). The van der Waals surface area contributed by atoms with Crippen molar-refractivity contribution in [1.29, 1.82) is 0 Å². The van der Waals surface area contributed by atoms with Crippen LogP contribution in [0.15, 0.2) is 18.5 Å². The molecule has 2 N–H and O–H groups in total. The fourth-order valence-electron chi connectivity index (χ4n) is 4.28. The lowest BCUT2D eigenvalue weighted by Crippen LogP contribution is -2.40. The first-order valence-electron chi connectivity index (χ1n) is 9.80. The molecule has 2 amide bonds. The molecular formula is C20H24ClN5O2. The van der Waals surface area contributed by atoms with Gasteiger partial charge in [-0.3, -0.25) is 14.3 Å². The van der Waals surface area contributed by atoms with Gasteiger partial charge >= 0.3 is 0 Å². The largest absolute Gasteiger partial charge is 0.354 e. The zero-order chi connectivity index (χ0) is 19.7. The zero-order valence-corrected chi connectivity index (χ0v) is 16.6. The molecule has 8 heteroatoms. The van der Waals surface area contributed by atoms with E-state index in [1.807, 2.05) is 16.9 Å². The third-order valence-electron chi connectivity index (χ3n) is 5.58. The topological polar surface area (TPSA) is 88.9 Å². The maximum absolute atomic E-state index is 12.8. The lowest BCUT2D eigenvalue weighted by atomic mass is 9.85. The number of nitrogens with one attached hydrogen (secondary N) is 2. The molecule has 148 valence electrons. The number of carbonyl (C=O) groups excluding carboxylic acids is 2. The Morgan fingerprint density at radius 3 is 2.89 bits per heavy atom. The van der Waals surface area contributed by atoms with Crippen LogP contribution < -0.4 is 10.6 Å². The van der Waals surface area contributed by atoms with E-state index in [1.54, 1.807) is 6.20 Å². The number of rotatable bonds is 4. The molecule has 1 unspecified atom stereocenters. The Hall–Kier alpha value is -2.41. The van der Waals surface area contributed by atoms with Crippen LogP contribution in [0.2, 0.25) is 5.02 Å². The number of hydrogen-bond acceptors (Lipinski definition) is 4. The quantitative estimate of drug-likeness (QED) is 0.823. The summed E-state index contributed by atoms with van der Waals surface area (Å²) in [6.45, 7) is 2.44. The number of nitrogens with zero attached hydrogens (tertiary/aromatic N) is 3. The molecule has 0 spiro atoms. The van der Waals surface area contributed by atoms with Crippen molar-refractivity contribution in [2.75, 3.05) is 5.32 Å². The highest BCUT2D eigenvalue weighted by molar-refractivity contribution is 6.33. The Balaban J connectivity index is 1.49. The Morgan fingerprint density at radius 2 is 2.07 bits per heavy atom. The Morgan fingerprint density at radius 1 is 1.21 bits per heavy atom. The second-order valence-electron chi connectivity index (χ2n) is 7.63. The lowest BCUT2D eigenvalue weighted by Gasteiger charge is -2.28. The zero-order valence-electron chi connectivity index (χ0n) is 15.9. The summed E-state index contributed by atoms with van der Waals surface area (Å²) in [5.41, 5.74) is 3.02. The number of pyridine rings is 1. The van der Waals surface area contributed by atoms with E-state index in [0.29, 0.717) is 17.3 Å². The fourth-order valence-corrected chi connectivity index (χ4v) is 4.48. The molecule has 1 saturated carbocycles. The first kappa shape index (κ1) is 18.9. The van der Waals surface area contributed by atoms with E-state index >= 15 is 0 Å². The summed E-state index contributed by atoms with van der Waals surface area (Å²) in [7, 11) is 0. The maximum Gasteiger partial charge on any atom is 0.228 e. The predicted molar refractivity (Wildman–Crippen MR) is 107 cm³/mol. The third kappa shape index (κ3) is 3.90. The van der Waals surface area contributed by atoms with E-state index in [9.17, 15) is 9.59 Å². The van der Waals surface area contributed by atoms with Crippen molar-refractivity contribution in [1.82, 2.24) is 20.1 Å². The summed E-state index contributed by atoms with van der Waals surface area (Å²) in [5, 5.41) is 10.8. The summed E-state index contributed by atoms with van der Waals surface area (Å²) < 4.78 is 2.01. The van der Waals surface area contributed by atoms with Gasteiger partial charge in [-0.2, -0.15) is 5.10 Å². The average Bonchev–Trinajstić information content (AvgIpc) is 3.27. The first-order chi connectivity index (χ1) is 13.5. The second kappa shape index (κ2) is 7.91. The van der Waals surface area contributed by atoms with Crippen molar-refractivity contribution in [3.8, 4) is 11.1 Å². The molecule has 0 aromatic carbocycles. The fraction of sp³-hybridized carbons (Fsp3) is 0.500. The SMILES string of the molecule is CC(=O)NC1CCC[C@@H](C(=O)Nc2cc(-c3cnn4c3CCC4)c(Cl)cn2)C1. The first-order valence-corrected chi connectivity index (χ1v) is 10.2. The molecule has 1 fully saturated rings. The highest BCUT2D eigenvalue weighted by Gasteiger charge is 2.28. The molecule has 3 heterocycles. The number of fused-ring (bicyclic) bond motifs is 1. The normalized spacial score (nSPS) is 21.2. The third-order valence-corrected chi connectivity index (χ3v) is 5.88. The van der Waals surface area contributed by atoms with Crippen LogP contribution in [0, 0.1) is 5.92 Å². The van der Waals surface area contributed by atoms with Gasteiger partial charge in [-0.15, -0.1) is 0 Å². The van der Waals surface area contributed by atoms with Gasteiger partial charge in [0.1, 0.15) is 5.82 Å². The molecule has 0 saturated heterocycles. The van der Waals surface area contributed by atoms with Crippen LogP contribution in [0.3, 0.4) is 0 Å². The van der Waals surface area contributed by atoms with Gasteiger partial charge in [0.05, 0.1) is 11.2 Å². The van der Waals surface area contributed by atoms with Crippen LogP contribution in [-0.2, 0) is 22.6 Å². The van der Waals surface area contributed by atoms with Crippen molar-refractivity contribution in [2.24, 2.45) is 5.92 Å². The van der Waals surface area contributed by atoms with Gasteiger partial charge in [-0.1, -0.05) is 18.0 Å². The Labute approximate surface area is 168 Å². The van der Waals surface area contributed by atoms with Crippen LogP contribution in [0.25, 0.3) is 11.1 Å². The van der Waals surface area contributed by atoms with Gasteiger partial charge in [0.2, 0.25) is 11.8 Å². The molecule has 2 aromatic rings. The molecule has 2 aromatic heterocycles. The molecule has 2 atom stereocenters. The van der Waals surface area contributed by atoms with E-state index < -0.39 is 0 Å². The number of carbonyl (C=O) groups is 2. The minimum Gasteiger partial charge on any atom is -0.354 e. The second-order valence-corrected chi connectivity index (χ2v) is 8.04. The molecule has 28 heavy (non-hydrogen) atoms. The molecule has 0 bridgehead atoms. The van der Waals surface area contributed by atoms with E-state index in [0.717, 1.165) is 49.8 Å². The number of aromatic nitrogens is 3. The summed E-state index contributed by atoms with van der Waals surface area (Å²) in [6, 6.07) is 1.88. The minimum atomic E-state index is -0.132. The number of anilines is 1. The van der Waals surface area contributed by atoms with E-state index in [-0.39, 0.29) is 23.8 Å². The monoisotopic (exact) mass is 401 g/mol. The van der Waals surface area contributed by atoms with Gasteiger partial charge in [0, 0.05) is 48.4 Å². The van der Waals surface area contributed by atoms with Gasteiger partial charge < -0.3 is 10.6 Å². The van der Waals surface area contributed by atoms with Gasteiger partial charge in [-0.05, 0) is 38.2 Å². The van der Waals surface area contributed by atoms with Crippen LogP contribution in [0.1, 0.15) is 44.7 Å². The van der Waals surface area contributed by atoms with Crippen molar-refractivity contribution < 1.29 is 9.59 Å². The predicted octanol–water partition coefficient (Wildman–Crippen LogP) is 3.18. The van der Waals surface area contributed by atoms with Crippen molar-refractivity contribution in [2.45, 2.75) is 58.0 Å². The lowest BCUT2D eigenvalue weighted by molar-refractivity contribution is -0.123. The van der Waals surface area contributed by atoms with Crippen molar-refractivity contribution >= 4 is 29.2 Å². The van der Waals surface area contributed by atoms with Crippen molar-refractivity contribution in [3.05, 3.63) is 29.2 Å². The molecule has 7 nitrogen and oxygen atoms in total. The van der Waals surface area contributed by atoms with Crippen LogP contribution in [0.5, 0.6) is 0 Å². The van der Waals surface area contributed by atoms with Gasteiger partial charge in [0.25, 0.3) is 0 Å². The number of aryl methyl sites for hydroxylation is 1. The van der Waals surface area contributed by atoms with Gasteiger partial charge in [-0.25, -0.2) is 4.98 Å². The minimum absolute atomic E-state index is 0.0521. The summed E-state index contributed by atoms with van der Waals surface area (Å²) in [5.74, 6) is 0.246. The van der Waals surface area contributed by atoms with Crippen LogP contribution >= 0.6 is 11.6 Å². The molecule has 0 radical (unpaired) electrons. The summed E-state index contributed by atoms with van der Waals surface area (Å²) in [4.78, 5) is 28.3. The Kier molecular flexibility index (Phi) is 5.35. The van der Waals surface area contributed by atoms with E-state index in [2.05, 4.69) is 20.7 Å². The average molecular weight is 402 g/mol. The molecule has 1 aliphatic heterocycles. The summed E-state index contributed by atoms with van der Waals surface area (Å²) >= 11 is 6.39. The summed E-state index contributed by atoms with van der Waals surface area (Å²) in [6.07, 6.45) is 8.78. The van der Waals surface area contributed by atoms with Crippen molar-refractivity contribution in [3.63, 3.8) is 0 Å². The van der Waals surface area contributed by atoms with E-state index in [1.165, 1.54) is 12.6 Å². The number of halogens is 1. The van der Waals surface area contributed by atoms with Crippen LogP contribution in [0.4, 0.5) is 5.82 Å². The molecule has 2 aliphatic rings. The van der Waals surface area contributed by atoms with E-state index in [4.69, 9.17) is 11.6 Å². The van der Waals surface area contributed by atoms with Gasteiger partial charge in [0.15, 0.2) is 0 Å².